The molecule has 0 aliphatic carbocycles. The SMILES string of the molecule is CC[C@H]1CN(c2ncc(NS(C)(=O)=O)cc2Cl)CCN1C1CCN(C(=O)c2ccc(Br)cc2OC)CC1. The zero-order chi connectivity index (χ0) is 26.7. The zero-order valence-electron chi connectivity index (χ0n) is 21.3. The van der Waals surface area contributed by atoms with Crippen molar-refractivity contribution in [3.05, 3.63) is 45.5 Å². The fourth-order valence-corrected chi connectivity index (χ4v) is 6.42. The molecule has 0 unspecified atom stereocenters. The van der Waals surface area contributed by atoms with Crippen molar-refractivity contribution < 1.29 is 17.9 Å². The lowest BCUT2D eigenvalue weighted by Crippen LogP contribution is -2.58. The molecule has 0 bridgehead atoms. The highest BCUT2D eigenvalue weighted by Gasteiger charge is 2.35. The summed E-state index contributed by atoms with van der Waals surface area (Å²) in [5.41, 5.74) is 0.940. The van der Waals surface area contributed by atoms with Crippen LogP contribution in [0, 0.1) is 0 Å². The van der Waals surface area contributed by atoms with Gasteiger partial charge >= 0.3 is 0 Å². The van der Waals surface area contributed by atoms with Crippen LogP contribution in [0.1, 0.15) is 36.5 Å². The lowest BCUT2D eigenvalue weighted by Gasteiger charge is -2.47. The van der Waals surface area contributed by atoms with Crippen LogP contribution in [0.15, 0.2) is 34.9 Å². The van der Waals surface area contributed by atoms with Crippen molar-refractivity contribution >= 4 is 55.0 Å². The second-order valence-electron chi connectivity index (χ2n) is 9.52. The maximum Gasteiger partial charge on any atom is 0.257 e. The van der Waals surface area contributed by atoms with Gasteiger partial charge in [-0.2, -0.15) is 0 Å². The van der Waals surface area contributed by atoms with Gasteiger partial charge in [0.15, 0.2) is 0 Å². The van der Waals surface area contributed by atoms with Gasteiger partial charge in [-0.25, -0.2) is 13.4 Å². The Morgan fingerprint density at radius 2 is 1.95 bits per heavy atom. The molecular weight excluding hydrogens is 582 g/mol. The predicted octanol–water partition coefficient (Wildman–Crippen LogP) is 4.08. The van der Waals surface area contributed by atoms with Crippen LogP contribution < -0.4 is 14.4 Å². The number of benzene rings is 1. The monoisotopic (exact) mass is 613 g/mol. The van der Waals surface area contributed by atoms with E-state index >= 15 is 0 Å². The maximum atomic E-state index is 13.2. The number of likely N-dealkylation sites (tertiary alicyclic amines) is 1. The van der Waals surface area contributed by atoms with Gasteiger partial charge in [0.2, 0.25) is 10.0 Å². The summed E-state index contributed by atoms with van der Waals surface area (Å²) in [6.45, 7) is 6.05. The number of carbonyl (C=O) groups is 1. The van der Waals surface area contributed by atoms with E-state index < -0.39 is 10.0 Å². The van der Waals surface area contributed by atoms with Crippen molar-refractivity contribution in [2.45, 2.75) is 38.3 Å². The highest BCUT2D eigenvalue weighted by atomic mass is 79.9. The first-order chi connectivity index (χ1) is 17.6. The number of anilines is 2. The predicted molar refractivity (Wildman–Crippen MR) is 150 cm³/mol. The molecule has 9 nitrogen and oxygen atoms in total. The van der Waals surface area contributed by atoms with Crippen LogP contribution in [-0.4, -0.2) is 87.3 Å². The first kappa shape index (κ1) is 27.9. The number of nitrogens with zero attached hydrogens (tertiary/aromatic N) is 4. The number of piperazine rings is 1. The summed E-state index contributed by atoms with van der Waals surface area (Å²) >= 11 is 9.93. The number of carbonyl (C=O) groups excluding carboxylic acids is 1. The number of piperidine rings is 1. The molecule has 0 saturated carbocycles. The number of halogens is 2. The molecule has 2 aromatic rings. The molecule has 2 aliphatic rings. The minimum Gasteiger partial charge on any atom is -0.496 e. The molecule has 4 rings (SSSR count). The fourth-order valence-electron chi connectivity index (χ4n) is 5.25. The smallest absolute Gasteiger partial charge is 0.257 e. The van der Waals surface area contributed by atoms with Gasteiger partial charge in [-0.05, 0) is 43.5 Å². The van der Waals surface area contributed by atoms with Gasteiger partial charge in [-0.3, -0.25) is 14.4 Å². The summed E-state index contributed by atoms with van der Waals surface area (Å²) in [6.07, 6.45) is 5.43. The molecule has 12 heteroatoms. The number of ether oxygens (including phenoxy) is 1. The Bertz CT molecular complexity index is 1240. The lowest BCUT2D eigenvalue weighted by atomic mass is 9.97. The maximum absolute atomic E-state index is 13.2. The molecule has 3 heterocycles. The number of hydrogen-bond donors (Lipinski definition) is 1. The summed E-state index contributed by atoms with van der Waals surface area (Å²) in [5, 5.41) is 0.423. The van der Waals surface area contributed by atoms with Crippen molar-refractivity contribution in [3.8, 4) is 5.75 Å². The molecular formula is C25H33BrClN5O4S. The van der Waals surface area contributed by atoms with E-state index in [2.05, 4.69) is 42.4 Å². The standard InChI is InChI=1S/C25H33BrClN5O4S/c1-4-19-16-31(24-22(27)14-18(15-28-24)29-37(3,34)35)11-12-32(19)20-7-9-30(10-8-20)25(33)21-6-5-17(26)13-23(21)36-2/h5-6,13-15,19-20,29H,4,7-12,16H2,1-3H3/t19-/m0/s1. The van der Waals surface area contributed by atoms with E-state index in [4.69, 9.17) is 16.3 Å². The minimum atomic E-state index is -3.40. The van der Waals surface area contributed by atoms with Crippen LogP contribution in [0.25, 0.3) is 0 Å². The lowest BCUT2D eigenvalue weighted by molar-refractivity contribution is 0.0489. The number of rotatable bonds is 7. The third kappa shape index (κ3) is 6.68. The van der Waals surface area contributed by atoms with Crippen LogP contribution in [0.5, 0.6) is 5.75 Å². The molecule has 1 aromatic carbocycles. The quantitative estimate of drug-likeness (QED) is 0.502. The number of hydrogen-bond acceptors (Lipinski definition) is 7. The van der Waals surface area contributed by atoms with Crippen LogP contribution in [0.4, 0.5) is 11.5 Å². The Labute approximate surface area is 232 Å². The van der Waals surface area contributed by atoms with E-state index in [-0.39, 0.29) is 5.91 Å². The fraction of sp³-hybridized carbons (Fsp3) is 0.520. The summed E-state index contributed by atoms with van der Waals surface area (Å²) in [7, 11) is -1.81. The van der Waals surface area contributed by atoms with Crippen molar-refractivity contribution in [1.82, 2.24) is 14.8 Å². The molecule has 202 valence electrons. The van der Waals surface area contributed by atoms with Crippen molar-refractivity contribution in [1.29, 1.82) is 0 Å². The highest BCUT2D eigenvalue weighted by Crippen LogP contribution is 2.31. The molecule has 1 aromatic heterocycles. The molecule has 0 radical (unpaired) electrons. The number of methoxy groups -OCH3 is 1. The topological polar surface area (TPSA) is 95.1 Å². The third-order valence-corrected chi connectivity index (χ3v) is 8.42. The average Bonchev–Trinajstić information content (AvgIpc) is 2.87. The summed E-state index contributed by atoms with van der Waals surface area (Å²) < 4.78 is 31.7. The molecule has 1 N–H and O–H groups in total. The van der Waals surface area contributed by atoms with Gasteiger partial charge < -0.3 is 14.5 Å². The summed E-state index contributed by atoms with van der Waals surface area (Å²) in [4.78, 5) is 24.3. The molecule has 1 atom stereocenters. The Morgan fingerprint density at radius 1 is 1.22 bits per heavy atom. The molecule has 2 saturated heterocycles. The van der Waals surface area contributed by atoms with Crippen molar-refractivity contribution in [2.24, 2.45) is 0 Å². The van der Waals surface area contributed by atoms with Gasteiger partial charge in [0.25, 0.3) is 5.91 Å². The second kappa shape index (κ2) is 11.8. The van der Waals surface area contributed by atoms with Crippen LogP contribution in [0.3, 0.4) is 0 Å². The number of sulfonamides is 1. The molecule has 0 spiro atoms. The molecule has 37 heavy (non-hydrogen) atoms. The largest absolute Gasteiger partial charge is 0.496 e. The Morgan fingerprint density at radius 3 is 2.57 bits per heavy atom. The van der Waals surface area contributed by atoms with Gasteiger partial charge in [0.05, 0.1) is 35.8 Å². The number of amides is 1. The second-order valence-corrected chi connectivity index (χ2v) is 12.6. The molecule has 1 amide bonds. The van der Waals surface area contributed by atoms with E-state index in [9.17, 15) is 13.2 Å². The Kier molecular flexibility index (Phi) is 8.88. The van der Waals surface area contributed by atoms with Crippen LogP contribution >= 0.6 is 27.5 Å². The average molecular weight is 615 g/mol. The van der Waals surface area contributed by atoms with E-state index in [0.29, 0.717) is 53.0 Å². The third-order valence-electron chi connectivity index (χ3n) is 7.04. The number of aromatic nitrogens is 1. The van der Waals surface area contributed by atoms with Crippen molar-refractivity contribution in [2.75, 3.05) is 55.7 Å². The number of pyridine rings is 1. The van der Waals surface area contributed by atoms with E-state index in [1.807, 2.05) is 23.1 Å². The molecule has 2 aliphatic heterocycles. The normalized spacial score (nSPS) is 19.6. The van der Waals surface area contributed by atoms with E-state index in [1.165, 1.54) is 6.20 Å². The summed E-state index contributed by atoms with van der Waals surface area (Å²) in [5.74, 6) is 1.26. The van der Waals surface area contributed by atoms with Gasteiger partial charge in [-0.15, -0.1) is 0 Å². The first-order valence-electron chi connectivity index (χ1n) is 12.4. The van der Waals surface area contributed by atoms with Crippen molar-refractivity contribution in [3.63, 3.8) is 0 Å². The van der Waals surface area contributed by atoms with Crippen LogP contribution in [0.2, 0.25) is 5.02 Å². The summed E-state index contributed by atoms with van der Waals surface area (Å²) in [6, 6.07) is 7.84. The van der Waals surface area contributed by atoms with E-state index in [1.54, 1.807) is 13.2 Å². The Hall–Kier alpha value is -2.08. The van der Waals surface area contributed by atoms with Gasteiger partial charge in [-0.1, -0.05) is 34.5 Å². The van der Waals surface area contributed by atoms with Gasteiger partial charge in [0.1, 0.15) is 11.6 Å². The Balaban J connectivity index is 1.37. The number of nitrogens with one attached hydrogen (secondary N) is 1. The highest BCUT2D eigenvalue weighted by molar-refractivity contribution is 9.10. The van der Waals surface area contributed by atoms with E-state index in [0.717, 1.165) is 49.6 Å². The van der Waals surface area contributed by atoms with Crippen LogP contribution in [-0.2, 0) is 10.0 Å². The minimum absolute atomic E-state index is 0.00851. The zero-order valence-corrected chi connectivity index (χ0v) is 24.4. The molecule has 2 fully saturated rings. The first-order valence-corrected chi connectivity index (χ1v) is 15.4. The van der Waals surface area contributed by atoms with Gasteiger partial charge in [0, 0.05) is 49.3 Å².